The summed E-state index contributed by atoms with van der Waals surface area (Å²) in [7, 11) is 1.23. The van der Waals surface area contributed by atoms with Gasteiger partial charge in [-0.25, -0.2) is 4.79 Å². The number of piperazine rings is 1. The molecule has 7 nitrogen and oxygen atoms in total. The van der Waals surface area contributed by atoms with E-state index in [1.807, 2.05) is 6.92 Å². The van der Waals surface area contributed by atoms with Crippen LogP contribution in [0.4, 0.5) is 0 Å². The Kier molecular flexibility index (Phi) is 5.71. The first-order chi connectivity index (χ1) is 8.92. The second kappa shape index (κ2) is 6.83. The maximum Gasteiger partial charge on any atom is 0.338 e. The molecule has 1 rings (SSSR count). The molecule has 2 unspecified atom stereocenters. The SMILES string of the molecule is CCNC(=O)C1CNCCN1CC(C)(O)C(=O)OC. The number of hydrogen-bond donors (Lipinski definition) is 3. The third kappa shape index (κ3) is 4.15. The predicted octanol–water partition coefficient (Wildman–Crippen LogP) is -1.68. The van der Waals surface area contributed by atoms with Gasteiger partial charge in [0.05, 0.1) is 7.11 Å². The van der Waals surface area contributed by atoms with E-state index in [2.05, 4.69) is 15.4 Å². The minimum Gasteiger partial charge on any atom is -0.467 e. The molecule has 0 radical (unpaired) electrons. The molecule has 0 aromatic heterocycles. The van der Waals surface area contributed by atoms with Gasteiger partial charge in [0.1, 0.15) is 6.04 Å². The van der Waals surface area contributed by atoms with Crippen molar-refractivity contribution in [1.29, 1.82) is 0 Å². The Balaban J connectivity index is 2.72. The summed E-state index contributed by atoms with van der Waals surface area (Å²) >= 11 is 0. The number of methoxy groups -OCH3 is 1. The summed E-state index contributed by atoms with van der Waals surface area (Å²) < 4.78 is 4.57. The molecule has 1 saturated heterocycles. The van der Waals surface area contributed by atoms with Crippen molar-refractivity contribution in [3.05, 3.63) is 0 Å². The highest BCUT2D eigenvalue weighted by Gasteiger charge is 2.38. The van der Waals surface area contributed by atoms with Gasteiger partial charge in [0.15, 0.2) is 5.60 Å². The topological polar surface area (TPSA) is 90.9 Å². The molecular weight excluding hydrogens is 250 g/mol. The number of carbonyl (C=O) groups is 2. The molecule has 7 heteroatoms. The highest BCUT2D eigenvalue weighted by atomic mass is 16.5. The molecule has 0 saturated carbocycles. The van der Waals surface area contributed by atoms with E-state index in [0.717, 1.165) is 0 Å². The standard InChI is InChI=1S/C12H23N3O4/c1-4-14-10(16)9-7-13-5-6-15(9)8-12(2,18)11(17)19-3/h9,13,18H,4-8H2,1-3H3,(H,14,16). The number of carbonyl (C=O) groups excluding carboxylic acids is 2. The minimum absolute atomic E-state index is 0.0726. The fourth-order valence-electron chi connectivity index (χ4n) is 2.17. The summed E-state index contributed by atoms with van der Waals surface area (Å²) in [6.07, 6.45) is 0. The van der Waals surface area contributed by atoms with Gasteiger partial charge >= 0.3 is 5.97 Å². The molecule has 2 atom stereocenters. The maximum atomic E-state index is 11.9. The first-order valence-electron chi connectivity index (χ1n) is 6.45. The van der Waals surface area contributed by atoms with Gasteiger partial charge in [0.2, 0.25) is 5.91 Å². The van der Waals surface area contributed by atoms with Crippen molar-refractivity contribution >= 4 is 11.9 Å². The van der Waals surface area contributed by atoms with E-state index in [1.165, 1.54) is 14.0 Å². The number of aliphatic hydroxyl groups is 1. The summed E-state index contributed by atoms with van der Waals surface area (Å²) in [4.78, 5) is 25.2. The molecule has 0 spiro atoms. The zero-order valence-electron chi connectivity index (χ0n) is 11.7. The van der Waals surface area contributed by atoms with E-state index in [-0.39, 0.29) is 18.5 Å². The molecular formula is C12H23N3O4. The van der Waals surface area contributed by atoms with Crippen LogP contribution in [-0.2, 0) is 14.3 Å². The third-order valence-electron chi connectivity index (χ3n) is 3.14. The van der Waals surface area contributed by atoms with Crippen molar-refractivity contribution in [3.8, 4) is 0 Å². The van der Waals surface area contributed by atoms with E-state index in [9.17, 15) is 14.7 Å². The van der Waals surface area contributed by atoms with E-state index < -0.39 is 11.6 Å². The lowest BCUT2D eigenvalue weighted by Gasteiger charge is -2.38. The molecule has 0 aliphatic carbocycles. The van der Waals surface area contributed by atoms with Crippen molar-refractivity contribution in [2.75, 3.05) is 39.8 Å². The van der Waals surface area contributed by atoms with E-state index in [0.29, 0.717) is 26.2 Å². The second-order valence-electron chi connectivity index (χ2n) is 4.85. The lowest BCUT2D eigenvalue weighted by molar-refractivity contribution is -0.163. The molecule has 110 valence electrons. The van der Waals surface area contributed by atoms with Crippen LogP contribution in [0.1, 0.15) is 13.8 Å². The summed E-state index contributed by atoms with van der Waals surface area (Å²) in [5, 5.41) is 16.0. The Hall–Kier alpha value is -1.18. The number of likely N-dealkylation sites (N-methyl/N-ethyl adjacent to an activating group) is 1. The fraction of sp³-hybridized carbons (Fsp3) is 0.833. The zero-order chi connectivity index (χ0) is 14.5. The Morgan fingerprint density at radius 1 is 1.58 bits per heavy atom. The van der Waals surface area contributed by atoms with Gasteiger partial charge in [-0.15, -0.1) is 0 Å². The van der Waals surface area contributed by atoms with Gasteiger partial charge in [-0.05, 0) is 13.8 Å². The summed E-state index contributed by atoms with van der Waals surface area (Å²) in [6.45, 7) is 5.68. The monoisotopic (exact) mass is 273 g/mol. The number of hydrogen-bond acceptors (Lipinski definition) is 6. The highest BCUT2D eigenvalue weighted by Crippen LogP contribution is 2.13. The van der Waals surface area contributed by atoms with Crippen LogP contribution in [0.5, 0.6) is 0 Å². The van der Waals surface area contributed by atoms with Crippen molar-refractivity contribution in [2.45, 2.75) is 25.5 Å². The van der Waals surface area contributed by atoms with Gasteiger partial charge < -0.3 is 20.5 Å². The zero-order valence-corrected chi connectivity index (χ0v) is 11.7. The number of nitrogens with one attached hydrogen (secondary N) is 2. The van der Waals surface area contributed by atoms with E-state index in [1.54, 1.807) is 4.90 Å². The van der Waals surface area contributed by atoms with Crippen LogP contribution < -0.4 is 10.6 Å². The van der Waals surface area contributed by atoms with Gasteiger partial charge in [-0.3, -0.25) is 9.69 Å². The Morgan fingerprint density at radius 2 is 2.26 bits per heavy atom. The van der Waals surface area contributed by atoms with Crippen LogP contribution in [0, 0.1) is 0 Å². The first-order valence-corrected chi connectivity index (χ1v) is 6.45. The van der Waals surface area contributed by atoms with Gasteiger partial charge in [-0.2, -0.15) is 0 Å². The van der Waals surface area contributed by atoms with Gasteiger partial charge in [-0.1, -0.05) is 0 Å². The number of nitrogens with zero attached hydrogens (tertiary/aromatic N) is 1. The molecule has 1 aliphatic rings. The number of ether oxygens (including phenoxy) is 1. The van der Waals surface area contributed by atoms with Gasteiger partial charge in [0, 0.05) is 32.7 Å². The molecule has 19 heavy (non-hydrogen) atoms. The summed E-state index contributed by atoms with van der Waals surface area (Å²) in [6, 6.07) is -0.384. The third-order valence-corrected chi connectivity index (χ3v) is 3.14. The van der Waals surface area contributed by atoms with Crippen molar-refractivity contribution < 1.29 is 19.4 Å². The lowest BCUT2D eigenvalue weighted by Crippen LogP contribution is -2.61. The largest absolute Gasteiger partial charge is 0.467 e. The second-order valence-corrected chi connectivity index (χ2v) is 4.85. The number of esters is 1. The average Bonchev–Trinajstić information content (AvgIpc) is 2.38. The quantitative estimate of drug-likeness (QED) is 0.518. The molecule has 1 heterocycles. The number of amides is 1. The van der Waals surface area contributed by atoms with Crippen LogP contribution in [0.3, 0.4) is 0 Å². The van der Waals surface area contributed by atoms with Crippen LogP contribution in [0.2, 0.25) is 0 Å². The van der Waals surface area contributed by atoms with Crippen LogP contribution in [0.15, 0.2) is 0 Å². The molecule has 0 bridgehead atoms. The average molecular weight is 273 g/mol. The first kappa shape index (κ1) is 15.9. The predicted molar refractivity (Wildman–Crippen MR) is 69.6 cm³/mol. The van der Waals surface area contributed by atoms with Crippen LogP contribution in [0.25, 0.3) is 0 Å². The Morgan fingerprint density at radius 3 is 2.84 bits per heavy atom. The highest BCUT2D eigenvalue weighted by molar-refractivity contribution is 5.82. The Bertz CT molecular complexity index is 333. The van der Waals surface area contributed by atoms with Crippen molar-refractivity contribution in [1.82, 2.24) is 15.5 Å². The molecule has 0 aromatic carbocycles. The van der Waals surface area contributed by atoms with Crippen LogP contribution >= 0.6 is 0 Å². The number of rotatable bonds is 5. The Labute approximate surface area is 113 Å². The maximum absolute atomic E-state index is 11.9. The van der Waals surface area contributed by atoms with E-state index in [4.69, 9.17) is 0 Å². The molecule has 0 aromatic rings. The molecule has 1 fully saturated rings. The normalized spacial score (nSPS) is 23.5. The van der Waals surface area contributed by atoms with Crippen molar-refractivity contribution in [2.24, 2.45) is 0 Å². The molecule has 3 N–H and O–H groups in total. The van der Waals surface area contributed by atoms with Gasteiger partial charge in [0.25, 0.3) is 0 Å². The summed E-state index contributed by atoms with van der Waals surface area (Å²) in [5.74, 6) is -0.795. The molecule has 1 amide bonds. The number of β-amino-alcohol motifs (C(OH)–C–C–N with tert-alkyl or cyclic N) is 1. The van der Waals surface area contributed by atoms with Crippen molar-refractivity contribution in [3.63, 3.8) is 0 Å². The fourth-order valence-corrected chi connectivity index (χ4v) is 2.17. The van der Waals surface area contributed by atoms with E-state index >= 15 is 0 Å². The smallest absolute Gasteiger partial charge is 0.338 e. The van der Waals surface area contributed by atoms with Crippen LogP contribution in [-0.4, -0.2) is 73.4 Å². The lowest BCUT2D eigenvalue weighted by atomic mass is 10.0. The molecule has 1 aliphatic heterocycles. The summed E-state index contributed by atoms with van der Waals surface area (Å²) in [5.41, 5.74) is -1.61. The minimum atomic E-state index is -1.61.